The molecule has 6 nitrogen and oxygen atoms in total. The van der Waals surface area contributed by atoms with Crippen LogP contribution in [0.1, 0.15) is 18.2 Å². The summed E-state index contributed by atoms with van der Waals surface area (Å²) in [5.41, 5.74) is 4.34. The lowest BCUT2D eigenvalue weighted by molar-refractivity contribution is 0.881. The van der Waals surface area contributed by atoms with Crippen molar-refractivity contribution in [2.75, 3.05) is 0 Å². The van der Waals surface area contributed by atoms with Crippen molar-refractivity contribution in [3.63, 3.8) is 0 Å². The minimum absolute atomic E-state index is 0.629. The van der Waals surface area contributed by atoms with Crippen LogP contribution in [0.25, 0.3) is 17.6 Å². The summed E-state index contributed by atoms with van der Waals surface area (Å²) in [6, 6.07) is 0. The molecule has 1 aliphatic rings. The first-order valence-corrected chi connectivity index (χ1v) is 4.33. The summed E-state index contributed by atoms with van der Waals surface area (Å²) in [5.74, 6) is 0.629. The fraction of sp³-hybridized carbons (Fsp3) is 0.250. The highest BCUT2D eigenvalue weighted by atomic mass is 15.5. The normalized spacial score (nSPS) is 14.2. The van der Waals surface area contributed by atoms with E-state index in [0.29, 0.717) is 5.82 Å². The molecule has 0 aliphatic heterocycles. The molecule has 2 aromatic rings. The summed E-state index contributed by atoms with van der Waals surface area (Å²) >= 11 is 0. The molecule has 14 heavy (non-hydrogen) atoms. The van der Waals surface area contributed by atoms with Gasteiger partial charge in [0.25, 0.3) is 0 Å². The van der Waals surface area contributed by atoms with Crippen LogP contribution < -0.4 is 0 Å². The van der Waals surface area contributed by atoms with Gasteiger partial charge in [-0.05, 0) is 17.4 Å². The summed E-state index contributed by atoms with van der Waals surface area (Å²) in [7, 11) is 0. The topological polar surface area (TPSA) is 83.1 Å². The molecule has 2 heterocycles. The number of nitrogens with zero attached hydrogens (tertiary/aromatic N) is 4. The molecule has 0 spiro atoms. The number of hydrogen-bond donors (Lipinski definition) is 2. The van der Waals surface area contributed by atoms with Crippen molar-refractivity contribution in [2.45, 2.75) is 13.3 Å². The highest BCUT2D eigenvalue weighted by molar-refractivity contribution is 5.73. The molecule has 0 unspecified atom stereocenters. The third kappa shape index (κ3) is 0.905. The van der Waals surface area contributed by atoms with Crippen LogP contribution in [0.3, 0.4) is 0 Å². The number of tetrazole rings is 1. The van der Waals surface area contributed by atoms with Crippen LogP contribution in [0.15, 0.2) is 5.57 Å². The first-order valence-electron chi connectivity index (χ1n) is 4.33. The fourth-order valence-electron chi connectivity index (χ4n) is 1.69. The number of H-pyrrole nitrogens is 2. The highest BCUT2D eigenvalue weighted by Gasteiger charge is 2.19. The third-order valence-electron chi connectivity index (χ3n) is 2.30. The van der Waals surface area contributed by atoms with Crippen molar-refractivity contribution in [3.8, 4) is 11.5 Å². The first-order chi connectivity index (χ1) is 6.84. The van der Waals surface area contributed by atoms with E-state index in [1.807, 2.05) is 0 Å². The van der Waals surface area contributed by atoms with Gasteiger partial charge in [0.15, 0.2) is 5.82 Å². The number of allylic oxidation sites excluding steroid dienone is 1. The van der Waals surface area contributed by atoms with Gasteiger partial charge in [0, 0.05) is 12.0 Å². The smallest absolute Gasteiger partial charge is 0.198 e. The van der Waals surface area contributed by atoms with Crippen molar-refractivity contribution in [2.24, 2.45) is 0 Å². The Balaban J connectivity index is 2.18. The Morgan fingerprint density at radius 1 is 1.36 bits per heavy atom. The Hall–Kier alpha value is -1.98. The summed E-state index contributed by atoms with van der Waals surface area (Å²) in [6.45, 7) is 2.09. The van der Waals surface area contributed by atoms with Crippen molar-refractivity contribution in [3.05, 3.63) is 16.8 Å². The Morgan fingerprint density at radius 2 is 2.29 bits per heavy atom. The molecule has 0 amide bonds. The van der Waals surface area contributed by atoms with Gasteiger partial charge in [-0.15, -0.1) is 5.10 Å². The predicted molar refractivity (Wildman–Crippen MR) is 49.1 cm³/mol. The zero-order chi connectivity index (χ0) is 9.54. The number of aromatic nitrogens is 6. The number of nitrogens with one attached hydrogen (secondary N) is 2. The third-order valence-corrected chi connectivity index (χ3v) is 2.30. The van der Waals surface area contributed by atoms with Crippen LogP contribution >= 0.6 is 0 Å². The minimum atomic E-state index is 0.629. The number of aromatic amines is 2. The Bertz CT molecular complexity index is 492. The average molecular weight is 188 g/mol. The SMILES string of the molecule is CC1=Cc2c(n[nH]c2-c2nnn[nH]2)C1. The lowest BCUT2D eigenvalue weighted by atomic mass is 10.2. The molecule has 6 heteroatoms. The van der Waals surface area contributed by atoms with Crippen LogP contribution in [-0.4, -0.2) is 30.8 Å². The molecule has 0 bridgehead atoms. The molecule has 3 rings (SSSR count). The van der Waals surface area contributed by atoms with Crippen molar-refractivity contribution in [1.29, 1.82) is 0 Å². The van der Waals surface area contributed by atoms with Gasteiger partial charge in [-0.3, -0.25) is 5.10 Å². The quantitative estimate of drug-likeness (QED) is 0.684. The zero-order valence-electron chi connectivity index (χ0n) is 7.57. The Labute approximate surface area is 79.4 Å². The van der Waals surface area contributed by atoms with E-state index in [-0.39, 0.29) is 0 Å². The molecule has 0 atom stereocenters. The van der Waals surface area contributed by atoms with E-state index in [0.717, 1.165) is 23.4 Å². The molecule has 70 valence electrons. The second-order valence-electron chi connectivity index (χ2n) is 3.38. The van der Waals surface area contributed by atoms with Gasteiger partial charge in [0.05, 0.1) is 5.69 Å². The molecule has 2 N–H and O–H groups in total. The second kappa shape index (κ2) is 2.50. The summed E-state index contributed by atoms with van der Waals surface area (Å²) < 4.78 is 0. The summed E-state index contributed by atoms with van der Waals surface area (Å²) in [6.07, 6.45) is 3.02. The van der Waals surface area contributed by atoms with E-state index in [2.05, 4.69) is 43.8 Å². The molecule has 0 saturated heterocycles. The van der Waals surface area contributed by atoms with Crippen molar-refractivity contribution >= 4 is 6.08 Å². The molecule has 0 fully saturated rings. The van der Waals surface area contributed by atoms with Crippen LogP contribution in [0, 0.1) is 0 Å². The average Bonchev–Trinajstić information content (AvgIpc) is 2.77. The van der Waals surface area contributed by atoms with Gasteiger partial charge in [-0.2, -0.15) is 5.10 Å². The van der Waals surface area contributed by atoms with Crippen molar-refractivity contribution in [1.82, 2.24) is 30.8 Å². The molecule has 0 aromatic carbocycles. The number of hydrogen-bond acceptors (Lipinski definition) is 4. The lowest BCUT2D eigenvalue weighted by Crippen LogP contribution is -1.83. The Morgan fingerprint density at radius 3 is 3.07 bits per heavy atom. The largest absolute Gasteiger partial charge is 0.274 e. The maximum atomic E-state index is 4.21. The van der Waals surface area contributed by atoms with Gasteiger partial charge >= 0.3 is 0 Å². The molecular weight excluding hydrogens is 180 g/mol. The Kier molecular flexibility index (Phi) is 1.33. The van der Waals surface area contributed by atoms with E-state index >= 15 is 0 Å². The molecule has 1 aliphatic carbocycles. The van der Waals surface area contributed by atoms with Crippen LogP contribution in [-0.2, 0) is 6.42 Å². The van der Waals surface area contributed by atoms with Crippen LogP contribution in [0.2, 0.25) is 0 Å². The first kappa shape index (κ1) is 7.43. The minimum Gasteiger partial charge on any atom is -0.274 e. The van der Waals surface area contributed by atoms with Crippen LogP contribution in [0.4, 0.5) is 0 Å². The van der Waals surface area contributed by atoms with Crippen LogP contribution in [0.5, 0.6) is 0 Å². The van der Waals surface area contributed by atoms with E-state index in [4.69, 9.17) is 0 Å². The van der Waals surface area contributed by atoms with E-state index in [1.165, 1.54) is 5.57 Å². The van der Waals surface area contributed by atoms with E-state index in [1.54, 1.807) is 0 Å². The maximum absolute atomic E-state index is 4.21. The van der Waals surface area contributed by atoms with Crippen molar-refractivity contribution < 1.29 is 0 Å². The second-order valence-corrected chi connectivity index (χ2v) is 3.38. The molecular formula is C8H8N6. The van der Waals surface area contributed by atoms with Gasteiger partial charge in [-0.25, -0.2) is 5.10 Å². The number of rotatable bonds is 1. The van der Waals surface area contributed by atoms with Gasteiger partial charge in [0.1, 0.15) is 5.69 Å². The fourth-order valence-corrected chi connectivity index (χ4v) is 1.69. The predicted octanol–water partition coefficient (Wildman–Crippen LogP) is 0.549. The maximum Gasteiger partial charge on any atom is 0.198 e. The van der Waals surface area contributed by atoms with Gasteiger partial charge in [0.2, 0.25) is 0 Å². The monoisotopic (exact) mass is 188 g/mol. The van der Waals surface area contributed by atoms with Gasteiger partial charge in [-0.1, -0.05) is 11.6 Å². The molecule has 0 saturated carbocycles. The number of fused-ring (bicyclic) bond motifs is 1. The van der Waals surface area contributed by atoms with E-state index in [9.17, 15) is 0 Å². The van der Waals surface area contributed by atoms with E-state index < -0.39 is 0 Å². The molecule has 2 aromatic heterocycles. The summed E-state index contributed by atoms with van der Waals surface area (Å²) in [4.78, 5) is 0. The molecule has 0 radical (unpaired) electrons. The summed E-state index contributed by atoms with van der Waals surface area (Å²) in [5, 5.41) is 20.8. The zero-order valence-corrected chi connectivity index (χ0v) is 7.57. The standard InChI is InChI=1S/C8H8N6/c1-4-2-5-6(3-4)9-10-7(5)8-11-13-14-12-8/h2H,3H2,1H3,(H,9,10)(H,11,12,13,14). The lowest BCUT2D eigenvalue weighted by Gasteiger charge is -1.90. The van der Waals surface area contributed by atoms with Gasteiger partial charge < -0.3 is 0 Å². The highest BCUT2D eigenvalue weighted by Crippen LogP contribution is 2.29.